The van der Waals surface area contributed by atoms with Gasteiger partial charge in [-0.1, -0.05) is 0 Å². The van der Waals surface area contributed by atoms with Crippen LogP contribution in [-0.2, 0) is 11.2 Å². The minimum absolute atomic E-state index is 0.313. The largest absolute Gasteiger partial charge is 0.374 e. The Bertz CT molecular complexity index is 425. The van der Waals surface area contributed by atoms with E-state index in [4.69, 9.17) is 4.74 Å². The first-order valence-corrected chi connectivity index (χ1v) is 8.70. The molecule has 1 aromatic rings. The van der Waals surface area contributed by atoms with Crippen molar-refractivity contribution in [3.05, 3.63) is 20.8 Å². The quantitative estimate of drug-likeness (QED) is 0.908. The second kappa shape index (κ2) is 6.22. The fraction of sp³-hybridized carbons (Fsp3) is 0.714. The smallest absolute Gasteiger partial charge is 0.0858 e. The normalized spacial score (nSPS) is 29.4. The minimum atomic E-state index is 0.313. The van der Waals surface area contributed by atoms with Crippen LogP contribution in [0.4, 0.5) is 0 Å². The summed E-state index contributed by atoms with van der Waals surface area (Å²) < 4.78 is 7.35. The zero-order valence-electron chi connectivity index (χ0n) is 11.3. The second-order valence-electron chi connectivity index (χ2n) is 5.45. The van der Waals surface area contributed by atoms with Gasteiger partial charge < -0.3 is 10.1 Å². The molecule has 3 unspecified atom stereocenters. The van der Waals surface area contributed by atoms with E-state index >= 15 is 0 Å². The summed E-state index contributed by atoms with van der Waals surface area (Å²) in [7, 11) is 2.05. The SMILES string of the molecule is CNC(Cc1sccc1Br)C1CN2CCCC2CO1. The molecule has 0 radical (unpaired) electrons. The molecule has 2 aliphatic heterocycles. The number of likely N-dealkylation sites (N-methyl/N-ethyl adjacent to an activating group) is 1. The van der Waals surface area contributed by atoms with Crippen LogP contribution in [0.2, 0.25) is 0 Å². The van der Waals surface area contributed by atoms with Crippen molar-refractivity contribution in [2.75, 3.05) is 26.7 Å². The molecule has 19 heavy (non-hydrogen) atoms. The fourth-order valence-corrected chi connectivity index (χ4v) is 4.75. The summed E-state index contributed by atoms with van der Waals surface area (Å²) in [5.41, 5.74) is 0. The molecule has 2 saturated heterocycles. The maximum absolute atomic E-state index is 6.12. The molecule has 3 atom stereocenters. The maximum atomic E-state index is 6.12. The van der Waals surface area contributed by atoms with E-state index < -0.39 is 0 Å². The molecule has 1 aromatic heterocycles. The lowest BCUT2D eigenvalue weighted by Crippen LogP contribution is -2.54. The first-order valence-electron chi connectivity index (χ1n) is 7.02. The molecule has 0 bridgehead atoms. The Morgan fingerprint density at radius 2 is 2.53 bits per heavy atom. The van der Waals surface area contributed by atoms with Crippen LogP contribution < -0.4 is 5.32 Å². The fourth-order valence-electron chi connectivity index (χ4n) is 3.18. The third kappa shape index (κ3) is 3.05. The number of hydrogen-bond acceptors (Lipinski definition) is 4. The van der Waals surface area contributed by atoms with Crippen LogP contribution in [0.15, 0.2) is 15.9 Å². The van der Waals surface area contributed by atoms with Crippen LogP contribution in [0.25, 0.3) is 0 Å². The number of ether oxygens (including phenoxy) is 1. The summed E-state index contributed by atoms with van der Waals surface area (Å²) in [6, 6.07) is 3.21. The van der Waals surface area contributed by atoms with Crippen molar-refractivity contribution in [2.24, 2.45) is 0 Å². The highest BCUT2D eigenvalue weighted by atomic mass is 79.9. The van der Waals surface area contributed by atoms with E-state index in [0.29, 0.717) is 18.2 Å². The van der Waals surface area contributed by atoms with E-state index in [2.05, 4.69) is 37.6 Å². The van der Waals surface area contributed by atoms with Gasteiger partial charge in [-0.2, -0.15) is 0 Å². The maximum Gasteiger partial charge on any atom is 0.0858 e. The number of nitrogens with one attached hydrogen (secondary N) is 1. The van der Waals surface area contributed by atoms with Crippen molar-refractivity contribution in [3.8, 4) is 0 Å². The third-order valence-electron chi connectivity index (χ3n) is 4.33. The van der Waals surface area contributed by atoms with Gasteiger partial charge in [0.25, 0.3) is 0 Å². The van der Waals surface area contributed by atoms with E-state index in [-0.39, 0.29) is 0 Å². The standard InChI is InChI=1S/C14H21BrN2OS/c1-16-12(7-14-11(15)4-6-19-14)13-8-17-5-2-3-10(17)9-18-13/h4,6,10,12-13,16H,2-3,5,7-9H2,1H3. The summed E-state index contributed by atoms with van der Waals surface area (Å²) in [4.78, 5) is 4.02. The van der Waals surface area contributed by atoms with Gasteiger partial charge in [0, 0.05) is 34.4 Å². The van der Waals surface area contributed by atoms with E-state index in [9.17, 15) is 0 Å². The Hall–Kier alpha value is 0.0600. The van der Waals surface area contributed by atoms with Crippen molar-refractivity contribution in [2.45, 2.75) is 37.5 Å². The van der Waals surface area contributed by atoms with Crippen LogP contribution in [0, 0.1) is 0 Å². The Kier molecular flexibility index (Phi) is 4.59. The number of fused-ring (bicyclic) bond motifs is 1. The Morgan fingerprint density at radius 1 is 1.63 bits per heavy atom. The number of rotatable bonds is 4. The lowest BCUT2D eigenvalue weighted by molar-refractivity contribution is -0.0633. The van der Waals surface area contributed by atoms with Crippen molar-refractivity contribution in [1.82, 2.24) is 10.2 Å². The number of nitrogens with zero attached hydrogens (tertiary/aromatic N) is 1. The Morgan fingerprint density at radius 3 is 3.26 bits per heavy atom. The molecule has 3 nitrogen and oxygen atoms in total. The molecule has 3 rings (SSSR count). The Balaban J connectivity index is 1.64. The van der Waals surface area contributed by atoms with Crippen LogP contribution >= 0.6 is 27.3 Å². The Labute approximate surface area is 127 Å². The van der Waals surface area contributed by atoms with Gasteiger partial charge in [-0.05, 0) is 53.8 Å². The molecule has 2 fully saturated rings. The number of hydrogen-bond donors (Lipinski definition) is 1. The minimum Gasteiger partial charge on any atom is -0.374 e. The lowest BCUT2D eigenvalue weighted by atomic mass is 10.0. The van der Waals surface area contributed by atoms with Crippen molar-refractivity contribution in [1.29, 1.82) is 0 Å². The summed E-state index contributed by atoms with van der Waals surface area (Å²) >= 11 is 5.45. The molecule has 1 N–H and O–H groups in total. The van der Waals surface area contributed by atoms with Gasteiger partial charge in [-0.15, -0.1) is 11.3 Å². The molecule has 0 saturated carbocycles. The van der Waals surface area contributed by atoms with Gasteiger partial charge in [0.05, 0.1) is 12.7 Å². The molecule has 3 heterocycles. The molecular formula is C14H21BrN2OS. The van der Waals surface area contributed by atoms with Gasteiger partial charge in [0.1, 0.15) is 0 Å². The molecule has 0 amide bonds. The average Bonchev–Trinajstić information content (AvgIpc) is 3.04. The summed E-state index contributed by atoms with van der Waals surface area (Å²) in [6.45, 7) is 3.25. The van der Waals surface area contributed by atoms with E-state index in [1.54, 1.807) is 0 Å². The zero-order chi connectivity index (χ0) is 13.2. The highest BCUT2D eigenvalue weighted by Crippen LogP contribution is 2.28. The predicted octanol–water partition coefficient (Wildman–Crippen LogP) is 2.50. The van der Waals surface area contributed by atoms with Gasteiger partial charge >= 0.3 is 0 Å². The molecule has 5 heteroatoms. The first-order chi connectivity index (χ1) is 9.28. The zero-order valence-corrected chi connectivity index (χ0v) is 13.7. The molecule has 0 spiro atoms. The molecule has 106 valence electrons. The summed E-state index contributed by atoms with van der Waals surface area (Å²) in [5.74, 6) is 0. The predicted molar refractivity (Wildman–Crippen MR) is 82.9 cm³/mol. The average molecular weight is 345 g/mol. The molecular weight excluding hydrogens is 324 g/mol. The highest BCUT2D eigenvalue weighted by molar-refractivity contribution is 9.10. The van der Waals surface area contributed by atoms with Gasteiger partial charge in [-0.3, -0.25) is 4.90 Å². The molecule has 0 aliphatic carbocycles. The van der Waals surface area contributed by atoms with Crippen molar-refractivity contribution in [3.63, 3.8) is 0 Å². The van der Waals surface area contributed by atoms with E-state index in [1.807, 2.05) is 18.4 Å². The number of morpholine rings is 1. The summed E-state index contributed by atoms with van der Waals surface area (Å²) in [5, 5.41) is 5.59. The van der Waals surface area contributed by atoms with Crippen molar-refractivity contribution >= 4 is 27.3 Å². The highest BCUT2D eigenvalue weighted by Gasteiger charge is 2.35. The lowest BCUT2D eigenvalue weighted by Gasteiger charge is -2.38. The van der Waals surface area contributed by atoms with Gasteiger partial charge in [0.15, 0.2) is 0 Å². The number of halogens is 1. The monoisotopic (exact) mass is 344 g/mol. The second-order valence-corrected chi connectivity index (χ2v) is 7.31. The third-order valence-corrected chi connectivity index (χ3v) is 6.28. The first kappa shape index (κ1) is 14.0. The van der Waals surface area contributed by atoms with Gasteiger partial charge in [0.2, 0.25) is 0 Å². The number of thiophene rings is 1. The summed E-state index contributed by atoms with van der Waals surface area (Å²) in [6.07, 6.45) is 4.00. The van der Waals surface area contributed by atoms with Crippen LogP contribution in [-0.4, -0.2) is 49.8 Å². The van der Waals surface area contributed by atoms with Crippen molar-refractivity contribution < 1.29 is 4.74 Å². The van der Waals surface area contributed by atoms with Crippen LogP contribution in [0.1, 0.15) is 17.7 Å². The molecule has 2 aliphatic rings. The topological polar surface area (TPSA) is 24.5 Å². The molecule has 0 aromatic carbocycles. The van der Waals surface area contributed by atoms with Crippen LogP contribution in [0.3, 0.4) is 0 Å². The van der Waals surface area contributed by atoms with Gasteiger partial charge in [-0.25, -0.2) is 0 Å². The van der Waals surface area contributed by atoms with E-state index in [0.717, 1.165) is 19.6 Å². The van der Waals surface area contributed by atoms with E-state index in [1.165, 1.54) is 28.7 Å². The van der Waals surface area contributed by atoms with Crippen LogP contribution in [0.5, 0.6) is 0 Å².